The Labute approximate surface area is 171 Å². The predicted octanol–water partition coefficient (Wildman–Crippen LogP) is 5.30. The normalized spacial score (nSPS) is 18.8. The summed E-state index contributed by atoms with van der Waals surface area (Å²) < 4.78 is 14.9. The maximum Gasteiger partial charge on any atom is 0.264 e. The maximum absolute atomic E-state index is 14.9. The quantitative estimate of drug-likeness (QED) is 0.695. The number of likely N-dealkylation sites (tertiary alicyclic amines) is 2. The third-order valence-corrected chi connectivity index (χ3v) is 7.54. The number of hydrogen-bond donors (Lipinski definition) is 0. The van der Waals surface area contributed by atoms with Gasteiger partial charge < -0.3 is 9.80 Å². The zero-order valence-corrected chi connectivity index (χ0v) is 17.7. The maximum atomic E-state index is 14.9. The summed E-state index contributed by atoms with van der Waals surface area (Å²) in [6.07, 6.45) is 4.23. The Balaban J connectivity index is 1.53. The first kappa shape index (κ1) is 19.6. The molecule has 3 nitrogen and oxygen atoms in total. The molecule has 150 valence electrons. The van der Waals surface area contributed by atoms with Gasteiger partial charge in [0.15, 0.2) is 0 Å². The standard InChI is InChI=1S/C23H29FN2OS/c1-3-25-12-8-17(9-13-25)19-7-6-18(15-20(19)24)21-14-16(2)22(28-21)23(27)26-10-4-5-11-26/h6-7,14-15,17H,3-5,8-13H2,1-2H3. The molecule has 4 rings (SSSR count). The third-order valence-electron chi connectivity index (χ3n) is 6.26. The first-order chi connectivity index (χ1) is 13.6. The van der Waals surface area contributed by atoms with Crippen LogP contribution in [0.2, 0.25) is 0 Å². The van der Waals surface area contributed by atoms with E-state index in [2.05, 4.69) is 11.8 Å². The van der Waals surface area contributed by atoms with Gasteiger partial charge in [-0.05, 0) is 87.0 Å². The SMILES string of the molecule is CCN1CCC(c2ccc(-c3cc(C)c(C(=O)N4CCCC4)s3)cc2F)CC1. The summed E-state index contributed by atoms with van der Waals surface area (Å²) in [5.74, 6) is 0.339. The van der Waals surface area contributed by atoms with Gasteiger partial charge in [0, 0.05) is 18.0 Å². The molecule has 2 aromatic rings. The van der Waals surface area contributed by atoms with Gasteiger partial charge in [-0.1, -0.05) is 19.1 Å². The molecule has 1 aromatic carbocycles. The van der Waals surface area contributed by atoms with Crippen molar-refractivity contribution in [1.82, 2.24) is 9.80 Å². The first-order valence-corrected chi connectivity index (χ1v) is 11.3. The van der Waals surface area contributed by atoms with Crippen molar-refractivity contribution in [2.45, 2.75) is 45.4 Å². The Hall–Kier alpha value is -1.72. The van der Waals surface area contributed by atoms with Crippen molar-refractivity contribution in [1.29, 1.82) is 0 Å². The van der Waals surface area contributed by atoms with Crippen LogP contribution in [-0.4, -0.2) is 48.4 Å². The van der Waals surface area contributed by atoms with Crippen molar-refractivity contribution in [3.8, 4) is 10.4 Å². The summed E-state index contributed by atoms with van der Waals surface area (Å²) in [6, 6.07) is 7.69. The minimum absolute atomic E-state index is 0.106. The van der Waals surface area contributed by atoms with Gasteiger partial charge in [0.05, 0.1) is 4.88 Å². The topological polar surface area (TPSA) is 23.6 Å². The van der Waals surface area contributed by atoms with E-state index < -0.39 is 0 Å². The van der Waals surface area contributed by atoms with Crippen LogP contribution in [0.1, 0.15) is 59.3 Å². The van der Waals surface area contributed by atoms with E-state index in [4.69, 9.17) is 0 Å². The van der Waals surface area contributed by atoms with Crippen LogP contribution >= 0.6 is 11.3 Å². The number of benzene rings is 1. The Bertz CT molecular complexity index is 848. The molecule has 0 bridgehead atoms. The highest BCUT2D eigenvalue weighted by Crippen LogP contribution is 2.36. The zero-order valence-electron chi connectivity index (χ0n) is 16.8. The summed E-state index contributed by atoms with van der Waals surface area (Å²) in [4.78, 5) is 18.9. The molecule has 2 fully saturated rings. The summed E-state index contributed by atoms with van der Waals surface area (Å²) in [6.45, 7) is 9.04. The first-order valence-electron chi connectivity index (χ1n) is 10.5. The predicted molar refractivity (Wildman–Crippen MR) is 114 cm³/mol. The molecule has 2 aliphatic heterocycles. The van der Waals surface area contributed by atoms with Gasteiger partial charge >= 0.3 is 0 Å². The van der Waals surface area contributed by atoms with E-state index in [1.54, 1.807) is 6.07 Å². The van der Waals surface area contributed by atoms with Crippen LogP contribution < -0.4 is 0 Å². The highest BCUT2D eigenvalue weighted by molar-refractivity contribution is 7.17. The summed E-state index contributed by atoms with van der Waals surface area (Å²) >= 11 is 1.50. The molecule has 0 N–H and O–H groups in total. The molecule has 0 spiro atoms. The number of carbonyl (C=O) groups excluding carboxylic acids is 1. The molecule has 0 aliphatic carbocycles. The Morgan fingerprint density at radius 1 is 1.14 bits per heavy atom. The highest BCUT2D eigenvalue weighted by atomic mass is 32.1. The fourth-order valence-electron chi connectivity index (χ4n) is 4.47. The lowest BCUT2D eigenvalue weighted by Crippen LogP contribution is -2.32. The Morgan fingerprint density at radius 2 is 1.86 bits per heavy atom. The second kappa shape index (κ2) is 8.34. The number of amides is 1. The van der Waals surface area contributed by atoms with Crippen molar-refractivity contribution in [2.75, 3.05) is 32.7 Å². The van der Waals surface area contributed by atoms with E-state index in [0.717, 1.165) is 84.9 Å². The number of nitrogens with zero attached hydrogens (tertiary/aromatic N) is 2. The van der Waals surface area contributed by atoms with Gasteiger partial charge in [0.1, 0.15) is 5.82 Å². The van der Waals surface area contributed by atoms with E-state index in [1.807, 2.05) is 30.0 Å². The minimum Gasteiger partial charge on any atom is -0.338 e. The number of rotatable bonds is 4. The van der Waals surface area contributed by atoms with Crippen LogP contribution in [0.3, 0.4) is 0 Å². The molecule has 28 heavy (non-hydrogen) atoms. The average Bonchev–Trinajstić information content (AvgIpc) is 3.37. The summed E-state index contributed by atoms with van der Waals surface area (Å²) in [7, 11) is 0. The van der Waals surface area contributed by atoms with Gasteiger partial charge in [-0.3, -0.25) is 4.79 Å². The molecule has 1 amide bonds. The van der Waals surface area contributed by atoms with E-state index in [9.17, 15) is 9.18 Å². The van der Waals surface area contributed by atoms with E-state index in [0.29, 0.717) is 5.92 Å². The monoisotopic (exact) mass is 400 g/mol. The Kier molecular flexibility index (Phi) is 5.83. The van der Waals surface area contributed by atoms with E-state index in [-0.39, 0.29) is 11.7 Å². The molecule has 0 unspecified atom stereocenters. The molecule has 2 saturated heterocycles. The third kappa shape index (κ3) is 3.87. The van der Waals surface area contributed by atoms with Crippen LogP contribution in [0.25, 0.3) is 10.4 Å². The van der Waals surface area contributed by atoms with E-state index in [1.165, 1.54) is 11.3 Å². The van der Waals surface area contributed by atoms with Gasteiger partial charge in [-0.25, -0.2) is 4.39 Å². The minimum atomic E-state index is -0.106. The number of hydrogen-bond acceptors (Lipinski definition) is 3. The van der Waals surface area contributed by atoms with Crippen LogP contribution in [0.4, 0.5) is 4.39 Å². The van der Waals surface area contributed by atoms with Crippen molar-refractivity contribution in [3.05, 3.63) is 46.1 Å². The molecule has 1 aromatic heterocycles. The van der Waals surface area contributed by atoms with E-state index >= 15 is 0 Å². The fraction of sp³-hybridized carbons (Fsp3) is 0.522. The molecular weight excluding hydrogens is 371 g/mol. The fourth-order valence-corrected chi connectivity index (χ4v) is 5.61. The number of halogens is 1. The largest absolute Gasteiger partial charge is 0.338 e. The summed E-state index contributed by atoms with van der Waals surface area (Å²) in [5.41, 5.74) is 2.72. The van der Waals surface area contributed by atoms with Crippen LogP contribution in [0.5, 0.6) is 0 Å². The summed E-state index contributed by atoms with van der Waals surface area (Å²) in [5, 5.41) is 0. The molecule has 0 atom stereocenters. The zero-order chi connectivity index (χ0) is 19.7. The molecule has 0 radical (unpaired) electrons. The lowest BCUT2D eigenvalue weighted by Gasteiger charge is -2.31. The highest BCUT2D eigenvalue weighted by Gasteiger charge is 2.25. The Morgan fingerprint density at radius 3 is 2.50 bits per heavy atom. The van der Waals surface area contributed by atoms with Crippen molar-refractivity contribution in [2.24, 2.45) is 0 Å². The molecule has 3 heterocycles. The molecular formula is C23H29FN2OS. The van der Waals surface area contributed by atoms with Gasteiger partial charge in [-0.2, -0.15) is 0 Å². The van der Waals surface area contributed by atoms with Gasteiger partial charge in [0.25, 0.3) is 5.91 Å². The number of aryl methyl sites for hydroxylation is 1. The van der Waals surface area contributed by atoms with Crippen molar-refractivity contribution >= 4 is 17.2 Å². The molecule has 2 aliphatic rings. The number of piperidine rings is 1. The number of thiophene rings is 1. The van der Waals surface area contributed by atoms with Crippen molar-refractivity contribution < 1.29 is 9.18 Å². The second-order valence-corrected chi connectivity index (χ2v) is 9.12. The van der Waals surface area contributed by atoms with Crippen LogP contribution in [-0.2, 0) is 0 Å². The smallest absolute Gasteiger partial charge is 0.264 e. The number of carbonyl (C=O) groups is 1. The van der Waals surface area contributed by atoms with Crippen LogP contribution in [0, 0.1) is 12.7 Å². The lowest BCUT2D eigenvalue weighted by atomic mass is 9.88. The molecule has 0 saturated carbocycles. The van der Waals surface area contributed by atoms with Gasteiger partial charge in [0.2, 0.25) is 0 Å². The average molecular weight is 401 g/mol. The lowest BCUT2D eigenvalue weighted by molar-refractivity contribution is 0.0797. The van der Waals surface area contributed by atoms with Gasteiger partial charge in [-0.15, -0.1) is 11.3 Å². The molecule has 5 heteroatoms. The second-order valence-electron chi connectivity index (χ2n) is 8.07. The van der Waals surface area contributed by atoms with Crippen LogP contribution in [0.15, 0.2) is 24.3 Å². The van der Waals surface area contributed by atoms with Crippen molar-refractivity contribution in [3.63, 3.8) is 0 Å².